The lowest BCUT2D eigenvalue weighted by Gasteiger charge is -1.89. The molecular formula is C6H7N3OS. The predicted molar refractivity (Wildman–Crippen MR) is 41.1 cm³/mol. The Bertz CT molecular complexity index is 265. The van der Waals surface area contributed by atoms with Crippen LogP contribution in [0.4, 0.5) is 0 Å². The maximum Gasteiger partial charge on any atom is 0.225 e. The Morgan fingerprint density at radius 2 is 2.73 bits per heavy atom. The Morgan fingerprint density at radius 3 is 3.27 bits per heavy atom. The highest BCUT2D eigenvalue weighted by molar-refractivity contribution is 7.05. The van der Waals surface area contributed by atoms with Gasteiger partial charge in [-0.25, -0.2) is 0 Å². The second-order valence-electron chi connectivity index (χ2n) is 1.80. The van der Waals surface area contributed by atoms with Crippen molar-refractivity contribution in [1.29, 1.82) is 5.26 Å². The molecule has 0 bridgehead atoms. The monoisotopic (exact) mass is 169 g/mol. The van der Waals surface area contributed by atoms with Crippen molar-refractivity contribution in [3.8, 4) is 12.1 Å². The van der Waals surface area contributed by atoms with Crippen LogP contribution < -0.4 is 10.1 Å². The highest BCUT2D eigenvalue weighted by atomic mass is 32.1. The minimum atomic E-state index is 0.525. The number of rotatable bonds is 3. The van der Waals surface area contributed by atoms with E-state index in [1.54, 1.807) is 13.2 Å². The van der Waals surface area contributed by atoms with E-state index in [-0.39, 0.29) is 0 Å². The van der Waals surface area contributed by atoms with E-state index < -0.39 is 0 Å². The molecule has 1 N–H and O–H groups in total. The van der Waals surface area contributed by atoms with Gasteiger partial charge in [-0.1, -0.05) is 0 Å². The SMILES string of the molecule is COc1cc(CNC#N)sn1. The highest BCUT2D eigenvalue weighted by Gasteiger charge is 1.99. The molecule has 11 heavy (non-hydrogen) atoms. The molecule has 0 saturated heterocycles. The minimum Gasteiger partial charge on any atom is -0.480 e. The van der Waals surface area contributed by atoms with Gasteiger partial charge in [-0.3, -0.25) is 0 Å². The first kappa shape index (κ1) is 7.82. The number of nitriles is 1. The number of ether oxygens (including phenoxy) is 1. The van der Waals surface area contributed by atoms with Gasteiger partial charge >= 0.3 is 0 Å². The summed E-state index contributed by atoms with van der Waals surface area (Å²) in [5.41, 5.74) is 0. The first-order valence-electron chi connectivity index (χ1n) is 2.98. The molecule has 0 saturated carbocycles. The first-order chi connectivity index (χ1) is 5.36. The normalized spacial score (nSPS) is 8.73. The molecule has 1 aromatic rings. The van der Waals surface area contributed by atoms with Gasteiger partial charge in [0.05, 0.1) is 13.7 Å². The zero-order chi connectivity index (χ0) is 8.10. The summed E-state index contributed by atoms with van der Waals surface area (Å²) in [7, 11) is 1.57. The van der Waals surface area contributed by atoms with Gasteiger partial charge in [0.2, 0.25) is 5.88 Å². The molecule has 0 unspecified atom stereocenters. The van der Waals surface area contributed by atoms with Crippen molar-refractivity contribution < 1.29 is 4.74 Å². The molecule has 4 nitrogen and oxygen atoms in total. The van der Waals surface area contributed by atoms with Crippen molar-refractivity contribution in [2.45, 2.75) is 6.54 Å². The van der Waals surface area contributed by atoms with Crippen molar-refractivity contribution in [2.75, 3.05) is 7.11 Å². The van der Waals surface area contributed by atoms with Crippen LogP contribution in [0.3, 0.4) is 0 Å². The summed E-state index contributed by atoms with van der Waals surface area (Å²) in [5.74, 6) is 0.602. The average Bonchev–Trinajstić information content (AvgIpc) is 2.48. The van der Waals surface area contributed by atoms with Crippen molar-refractivity contribution in [3.05, 3.63) is 10.9 Å². The van der Waals surface area contributed by atoms with Gasteiger partial charge in [-0.05, 0) is 11.5 Å². The fourth-order valence-corrected chi connectivity index (χ4v) is 1.22. The van der Waals surface area contributed by atoms with Crippen molar-refractivity contribution >= 4 is 11.5 Å². The standard InChI is InChI=1S/C6H7N3OS/c1-10-6-2-5(11-9-6)3-8-4-7/h2,8H,3H2,1H3. The summed E-state index contributed by atoms with van der Waals surface area (Å²) in [6.07, 6.45) is 1.83. The fraction of sp³-hybridized carbons (Fsp3) is 0.333. The number of hydrogen-bond acceptors (Lipinski definition) is 5. The molecule has 0 aromatic carbocycles. The summed E-state index contributed by atoms with van der Waals surface area (Å²) in [6.45, 7) is 0.525. The number of aromatic nitrogens is 1. The Balaban J connectivity index is 2.53. The highest BCUT2D eigenvalue weighted by Crippen LogP contribution is 2.15. The van der Waals surface area contributed by atoms with E-state index in [0.29, 0.717) is 12.4 Å². The first-order valence-corrected chi connectivity index (χ1v) is 3.75. The molecule has 0 atom stereocenters. The maximum atomic E-state index is 8.18. The van der Waals surface area contributed by atoms with E-state index in [4.69, 9.17) is 10.00 Å². The van der Waals surface area contributed by atoms with Crippen LogP contribution in [0.15, 0.2) is 6.07 Å². The van der Waals surface area contributed by atoms with Crippen molar-refractivity contribution in [3.63, 3.8) is 0 Å². The lowest BCUT2D eigenvalue weighted by atomic mass is 10.5. The summed E-state index contributed by atoms with van der Waals surface area (Å²) >= 11 is 1.33. The van der Waals surface area contributed by atoms with E-state index in [9.17, 15) is 0 Å². The molecule has 0 amide bonds. The molecule has 58 valence electrons. The Kier molecular flexibility index (Phi) is 2.69. The molecule has 0 aliphatic heterocycles. The Morgan fingerprint density at radius 1 is 1.91 bits per heavy atom. The molecule has 1 aromatic heterocycles. The van der Waals surface area contributed by atoms with Gasteiger partial charge < -0.3 is 10.1 Å². The van der Waals surface area contributed by atoms with E-state index in [0.717, 1.165) is 4.88 Å². The third-order valence-corrected chi connectivity index (χ3v) is 1.86. The molecule has 1 rings (SSSR count). The maximum absolute atomic E-state index is 8.18. The minimum absolute atomic E-state index is 0.525. The van der Waals surface area contributed by atoms with E-state index in [1.165, 1.54) is 11.5 Å². The van der Waals surface area contributed by atoms with Crippen LogP contribution in [0.25, 0.3) is 0 Å². The third kappa shape index (κ3) is 2.09. The van der Waals surface area contributed by atoms with Gasteiger partial charge in [-0.15, -0.1) is 0 Å². The average molecular weight is 169 g/mol. The second kappa shape index (κ2) is 3.78. The molecule has 1 heterocycles. The van der Waals surface area contributed by atoms with Crippen LogP contribution in [0.1, 0.15) is 4.88 Å². The number of nitrogens with one attached hydrogen (secondary N) is 1. The Labute approximate surface area is 68.6 Å². The van der Waals surface area contributed by atoms with Crippen LogP contribution >= 0.6 is 11.5 Å². The lowest BCUT2D eigenvalue weighted by Crippen LogP contribution is -2.01. The van der Waals surface area contributed by atoms with Crippen molar-refractivity contribution in [1.82, 2.24) is 9.69 Å². The summed E-state index contributed by atoms with van der Waals surface area (Å²) in [5, 5.41) is 10.7. The topological polar surface area (TPSA) is 57.9 Å². The molecule has 0 fully saturated rings. The number of methoxy groups -OCH3 is 1. The summed E-state index contributed by atoms with van der Waals surface area (Å²) in [4.78, 5) is 0.989. The lowest BCUT2D eigenvalue weighted by molar-refractivity contribution is 0.402. The molecule has 5 heteroatoms. The van der Waals surface area contributed by atoms with Gasteiger partial charge in [0.25, 0.3) is 0 Å². The Hall–Kier alpha value is -1.28. The van der Waals surface area contributed by atoms with Crippen LogP contribution in [-0.2, 0) is 6.54 Å². The molecular weight excluding hydrogens is 162 g/mol. The molecule has 0 spiro atoms. The van der Waals surface area contributed by atoms with Gasteiger partial charge in [0, 0.05) is 10.9 Å². The van der Waals surface area contributed by atoms with Crippen LogP contribution in [0.2, 0.25) is 0 Å². The smallest absolute Gasteiger partial charge is 0.225 e. The third-order valence-electron chi connectivity index (χ3n) is 1.09. The van der Waals surface area contributed by atoms with Gasteiger partial charge in [0.15, 0.2) is 6.19 Å². The van der Waals surface area contributed by atoms with E-state index >= 15 is 0 Å². The van der Waals surface area contributed by atoms with Crippen LogP contribution in [-0.4, -0.2) is 11.5 Å². The summed E-state index contributed by atoms with van der Waals surface area (Å²) in [6, 6.07) is 1.80. The zero-order valence-corrected chi connectivity index (χ0v) is 6.81. The largest absolute Gasteiger partial charge is 0.480 e. The van der Waals surface area contributed by atoms with Crippen LogP contribution in [0, 0.1) is 11.5 Å². The van der Waals surface area contributed by atoms with E-state index in [1.807, 2.05) is 6.19 Å². The van der Waals surface area contributed by atoms with Gasteiger partial charge in [-0.2, -0.15) is 9.64 Å². The molecule has 0 radical (unpaired) electrons. The van der Waals surface area contributed by atoms with Crippen LogP contribution in [0.5, 0.6) is 5.88 Å². The second-order valence-corrected chi connectivity index (χ2v) is 2.69. The zero-order valence-electron chi connectivity index (χ0n) is 6.00. The number of hydrogen-bond donors (Lipinski definition) is 1. The van der Waals surface area contributed by atoms with E-state index in [2.05, 4.69) is 9.69 Å². The van der Waals surface area contributed by atoms with Gasteiger partial charge in [0.1, 0.15) is 0 Å². The fourth-order valence-electron chi connectivity index (χ4n) is 0.600. The molecule has 0 aliphatic rings. The van der Waals surface area contributed by atoms with Crippen molar-refractivity contribution in [2.24, 2.45) is 0 Å². The summed E-state index contributed by atoms with van der Waals surface area (Å²) < 4.78 is 8.82. The predicted octanol–water partition coefficient (Wildman–Crippen LogP) is 0.722. The molecule has 0 aliphatic carbocycles. The quantitative estimate of drug-likeness (QED) is 0.535. The number of nitrogens with zero attached hydrogens (tertiary/aromatic N) is 2.